The van der Waals surface area contributed by atoms with Crippen molar-refractivity contribution in [2.24, 2.45) is 11.1 Å². The minimum atomic E-state index is -3.97. The van der Waals surface area contributed by atoms with E-state index >= 15 is 0 Å². The van der Waals surface area contributed by atoms with Gasteiger partial charge in [-0.2, -0.15) is 5.10 Å². The maximum absolute atomic E-state index is 12.6. The van der Waals surface area contributed by atoms with E-state index in [1.165, 1.54) is 6.92 Å². The van der Waals surface area contributed by atoms with Crippen LogP contribution in [0.25, 0.3) is 0 Å². The first-order valence-electron chi connectivity index (χ1n) is 6.62. The molecule has 1 atom stereocenters. The molecule has 8 heteroatoms. The van der Waals surface area contributed by atoms with E-state index in [4.69, 9.17) is 5.14 Å². The van der Waals surface area contributed by atoms with Crippen molar-refractivity contribution in [3.63, 3.8) is 0 Å². The lowest BCUT2D eigenvalue weighted by molar-refractivity contribution is 0.0691. The Morgan fingerprint density at radius 1 is 1.50 bits per heavy atom. The van der Waals surface area contributed by atoms with Gasteiger partial charge < -0.3 is 4.90 Å². The number of hydrogen-bond acceptors (Lipinski definition) is 4. The third-order valence-electron chi connectivity index (χ3n) is 3.71. The Hall–Kier alpha value is -1.41. The van der Waals surface area contributed by atoms with Crippen molar-refractivity contribution in [3.05, 3.63) is 11.4 Å². The summed E-state index contributed by atoms with van der Waals surface area (Å²) in [7, 11) is -3.97. The molecular formula is C12H20N4O3S. The number of aromatic nitrogens is 2. The minimum absolute atomic E-state index is 0.0995. The highest BCUT2D eigenvalue weighted by Gasteiger charge is 2.35. The van der Waals surface area contributed by atoms with Gasteiger partial charge in [0.05, 0.1) is 5.69 Å². The predicted octanol–water partition coefficient (Wildman–Crippen LogP) is 0.626. The van der Waals surface area contributed by atoms with Gasteiger partial charge in [0.15, 0.2) is 5.69 Å². The van der Waals surface area contributed by atoms with Crippen molar-refractivity contribution < 1.29 is 13.2 Å². The summed E-state index contributed by atoms with van der Waals surface area (Å²) in [5, 5.41) is 11.6. The monoisotopic (exact) mass is 300 g/mol. The van der Waals surface area contributed by atoms with E-state index in [1.54, 1.807) is 4.90 Å². The van der Waals surface area contributed by atoms with Gasteiger partial charge in [-0.3, -0.25) is 9.89 Å². The third kappa shape index (κ3) is 2.57. The Labute approximate surface area is 118 Å². The fourth-order valence-electron chi connectivity index (χ4n) is 2.79. The second-order valence-electron chi connectivity index (χ2n) is 5.52. The van der Waals surface area contributed by atoms with Crippen molar-refractivity contribution in [3.8, 4) is 0 Å². The number of nitrogens with one attached hydrogen (secondary N) is 1. The molecule has 1 aliphatic rings. The molecule has 2 heterocycles. The van der Waals surface area contributed by atoms with Gasteiger partial charge >= 0.3 is 0 Å². The first-order chi connectivity index (χ1) is 9.23. The van der Waals surface area contributed by atoms with Crippen LogP contribution < -0.4 is 5.14 Å². The van der Waals surface area contributed by atoms with Crippen LogP contribution in [-0.4, -0.2) is 42.0 Å². The molecule has 0 aliphatic carbocycles. The number of primary sulfonamides is 1. The minimum Gasteiger partial charge on any atom is -0.334 e. The van der Waals surface area contributed by atoms with Crippen LogP contribution in [0, 0.1) is 12.8 Å². The number of aromatic amines is 1. The lowest BCUT2D eigenvalue weighted by Crippen LogP contribution is -2.39. The molecule has 0 bridgehead atoms. The Balaban J connectivity index is 2.40. The highest BCUT2D eigenvalue weighted by molar-refractivity contribution is 7.89. The van der Waals surface area contributed by atoms with Gasteiger partial charge in [0.2, 0.25) is 10.0 Å². The second-order valence-corrected chi connectivity index (χ2v) is 7.02. The van der Waals surface area contributed by atoms with Gasteiger partial charge in [0.1, 0.15) is 4.90 Å². The number of nitrogens with two attached hydrogens (primary N) is 1. The Bertz CT molecular complexity index is 621. The van der Waals surface area contributed by atoms with Crippen LogP contribution in [0.3, 0.4) is 0 Å². The number of carbonyl (C=O) groups is 1. The number of likely N-dealkylation sites (tertiary alicyclic amines) is 1. The molecule has 1 unspecified atom stereocenters. The molecule has 1 saturated heterocycles. The van der Waals surface area contributed by atoms with Gasteiger partial charge in [0.25, 0.3) is 5.91 Å². The van der Waals surface area contributed by atoms with Crippen LogP contribution in [-0.2, 0) is 10.0 Å². The summed E-state index contributed by atoms with van der Waals surface area (Å²) in [6.07, 6.45) is 1.85. The molecule has 3 N–H and O–H groups in total. The fraction of sp³-hybridized carbons (Fsp3) is 0.667. The van der Waals surface area contributed by atoms with Crippen molar-refractivity contribution >= 4 is 15.9 Å². The van der Waals surface area contributed by atoms with Crippen LogP contribution in [0.1, 0.15) is 42.9 Å². The molecule has 0 saturated carbocycles. The molecule has 0 aromatic carbocycles. The molecule has 0 spiro atoms. The van der Waals surface area contributed by atoms with E-state index < -0.39 is 10.0 Å². The maximum atomic E-state index is 12.6. The lowest BCUT2D eigenvalue weighted by Gasteiger charge is -2.27. The van der Waals surface area contributed by atoms with Crippen molar-refractivity contribution in [2.45, 2.75) is 44.6 Å². The number of nitrogens with zero attached hydrogens (tertiary/aromatic N) is 2. The van der Waals surface area contributed by atoms with Crippen LogP contribution in [0.4, 0.5) is 0 Å². The number of hydrogen-bond donors (Lipinski definition) is 2. The molecule has 1 aliphatic heterocycles. The number of H-pyrrole nitrogens is 1. The third-order valence-corrected chi connectivity index (χ3v) is 4.78. The standard InChI is InChI=1S/C12H20N4O3S/c1-7(2)9-5-4-6-16(9)12(17)10-11(20(13,18)19)8(3)14-15-10/h7,9H,4-6H2,1-3H3,(H,14,15)(H2,13,18,19). The zero-order valence-corrected chi connectivity index (χ0v) is 12.7. The van der Waals surface area contributed by atoms with E-state index in [0.29, 0.717) is 12.5 Å². The quantitative estimate of drug-likeness (QED) is 0.853. The number of aryl methyl sites for hydroxylation is 1. The van der Waals surface area contributed by atoms with Crippen LogP contribution in [0.15, 0.2) is 4.90 Å². The summed E-state index contributed by atoms with van der Waals surface area (Å²) in [6, 6.07) is 0.118. The summed E-state index contributed by atoms with van der Waals surface area (Å²) >= 11 is 0. The largest absolute Gasteiger partial charge is 0.334 e. The zero-order chi connectivity index (χ0) is 15.1. The normalized spacial score (nSPS) is 19.9. The topological polar surface area (TPSA) is 109 Å². The van der Waals surface area contributed by atoms with Gasteiger partial charge in [-0.05, 0) is 25.7 Å². The Morgan fingerprint density at radius 2 is 2.15 bits per heavy atom. The summed E-state index contributed by atoms with van der Waals surface area (Å²) in [5.41, 5.74) is 0.189. The highest BCUT2D eigenvalue weighted by Crippen LogP contribution is 2.27. The van der Waals surface area contributed by atoms with E-state index in [1.807, 2.05) is 13.8 Å². The maximum Gasteiger partial charge on any atom is 0.276 e. The van der Waals surface area contributed by atoms with Crippen molar-refractivity contribution in [1.29, 1.82) is 0 Å². The number of carbonyl (C=O) groups excluding carboxylic acids is 1. The second kappa shape index (κ2) is 5.17. The van der Waals surface area contributed by atoms with E-state index in [9.17, 15) is 13.2 Å². The molecule has 1 aromatic rings. The summed E-state index contributed by atoms with van der Waals surface area (Å²) < 4.78 is 23.2. The predicted molar refractivity (Wildman–Crippen MR) is 73.6 cm³/mol. The fourth-order valence-corrected chi connectivity index (χ4v) is 3.66. The summed E-state index contributed by atoms with van der Waals surface area (Å²) in [5.74, 6) is -0.0472. The van der Waals surface area contributed by atoms with Gasteiger partial charge in [-0.25, -0.2) is 13.6 Å². The molecule has 7 nitrogen and oxygen atoms in total. The van der Waals surface area contributed by atoms with Crippen LogP contribution in [0.2, 0.25) is 0 Å². The van der Waals surface area contributed by atoms with Crippen LogP contribution in [0.5, 0.6) is 0 Å². The molecule has 20 heavy (non-hydrogen) atoms. The number of sulfonamides is 1. The van der Waals surface area contributed by atoms with Crippen molar-refractivity contribution in [2.75, 3.05) is 6.54 Å². The molecule has 0 radical (unpaired) electrons. The Kier molecular flexibility index (Phi) is 3.88. The van der Waals surface area contributed by atoms with E-state index in [2.05, 4.69) is 10.2 Å². The van der Waals surface area contributed by atoms with Crippen LogP contribution >= 0.6 is 0 Å². The molecule has 1 aromatic heterocycles. The molecule has 1 amide bonds. The van der Waals surface area contributed by atoms with Gasteiger partial charge in [-0.15, -0.1) is 0 Å². The molecule has 112 valence electrons. The first-order valence-corrected chi connectivity index (χ1v) is 8.17. The van der Waals surface area contributed by atoms with Gasteiger partial charge in [-0.1, -0.05) is 13.8 Å². The smallest absolute Gasteiger partial charge is 0.276 e. The average molecular weight is 300 g/mol. The molecule has 1 fully saturated rings. The zero-order valence-electron chi connectivity index (χ0n) is 11.9. The first kappa shape index (κ1) is 15.0. The highest BCUT2D eigenvalue weighted by atomic mass is 32.2. The SMILES string of the molecule is Cc1[nH]nc(C(=O)N2CCCC2C(C)C)c1S(N)(=O)=O. The Morgan fingerprint density at radius 3 is 2.70 bits per heavy atom. The van der Waals surface area contributed by atoms with Gasteiger partial charge in [0, 0.05) is 12.6 Å². The average Bonchev–Trinajstić information content (AvgIpc) is 2.92. The van der Waals surface area contributed by atoms with E-state index in [-0.39, 0.29) is 28.2 Å². The molecular weight excluding hydrogens is 280 g/mol. The lowest BCUT2D eigenvalue weighted by atomic mass is 10.0. The summed E-state index contributed by atoms with van der Waals surface area (Å²) in [6.45, 7) is 6.25. The number of amides is 1. The number of rotatable bonds is 3. The van der Waals surface area contributed by atoms with E-state index in [0.717, 1.165) is 12.8 Å². The van der Waals surface area contributed by atoms with Crippen molar-refractivity contribution in [1.82, 2.24) is 15.1 Å². The molecule has 2 rings (SSSR count). The summed E-state index contributed by atoms with van der Waals surface area (Å²) in [4.78, 5) is 14.1.